The molecule has 1 N–H and O–H groups in total. The van der Waals surface area contributed by atoms with Gasteiger partial charge >= 0.3 is 6.01 Å². The molecule has 14 heavy (non-hydrogen) atoms. The number of methoxy groups -OCH3 is 2. The highest BCUT2D eigenvalue weighted by atomic mass is 32.2. The van der Waals surface area contributed by atoms with Gasteiger partial charge < -0.3 is 18.7 Å². The molecule has 1 aromatic rings. The number of anilines is 1. The average molecular weight is 218 g/mol. The highest BCUT2D eigenvalue weighted by Gasteiger charge is 2.04. The smallest absolute Gasteiger partial charge is 0.321 e. The Bertz CT molecular complexity index is 324. The van der Waals surface area contributed by atoms with Crippen molar-refractivity contribution in [1.29, 1.82) is 0 Å². The van der Waals surface area contributed by atoms with Gasteiger partial charge in [0.05, 0.1) is 14.2 Å². The predicted molar refractivity (Wildman–Crippen MR) is 47.7 cm³/mol. The molecule has 78 valence electrons. The molecule has 0 radical (unpaired) electrons. The van der Waals surface area contributed by atoms with Gasteiger partial charge in [-0.05, 0) is 0 Å². The maximum absolute atomic E-state index is 10.3. The molecule has 1 aromatic heterocycles. The summed E-state index contributed by atoms with van der Waals surface area (Å²) in [4.78, 5) is 7.50. The minimum Gasteiger partial charge on any atom is -0.755 e. The van der Waals surface area contributed by atoms with E-state index in [0.29, 0.717) is 0 Å². The van der Waals surface area contributed by atoms with E-state index in [1.165, 1.54) is 20.3 Å². The molecule has 0 aromatic carbocycles. The van der Waals surface area contributed by atoms with Crippen LogP contribution in [0.1, 0.15) is 0 Å². The Morgan fingerprint density at radius 3 is 2.64 bits per heavy atom. The molecule has 7 nitrogen and oxygen atoms in total. The molecule has 0 fully saturated rings. The lowest BCUT2D eigenvalue weighted by molar-refractivity contribution is 0.353. The Morgan fingerprint density at radius 1 is 1.43 bits per heavy atom. The molecule has 8 heteroatoms. The minimum absolute atomic E-state index is 0.0253. The third-order valence-electron chi connectivity index (χ3n) is 1.26. The van der Waals surface area contributed by atoms with E-state index in [1.807, 2.05) is 0 Å². The fourth-order valence-corrected chi connectivity index (χ4v) is 1.01. The second-order valence-electron chi connectivity index (χ2n) is 2.12. The van der Waals surface area contributed by atoms with Gasteiger partial charge in [0, 0.05) is 17.3 Å². The van der Waals surface area contributed by atoms with Crippen LogP contribution in [0.5, 0.6) is 11.9 Å². The average Bonchev–Trinajstić information content (AvgIpc) is 2.16. The summed E-state index contributed by atoms with van der Waals surface area (Å²) >= 11 is -2.44. The minimum atomic E-state index is -2.44. The molecule has 0 spiro atoms. The highest BCUT2D eigenvalue weighted by molar-refractivity contribution is 7.80. The summed E-state index contributed by atoms with van der Waals surface area (Å²) in [6.07, 6.45) is 0. The van der Waals surface area contributed by atoms with Crippen LogP contribution in [0.15, 0.2) is 6.07 Å². The van der Waals surface area contributed by atoms with Gasteiger partial charge in [0.1, 0.15) is 5.82 Å². The van der Waals surface area contributed by atoms with Gasteiger partial charge in [0.2, 0.25) is 5.88 Å². The first-order chi connectivity index (χ1) is 6.65. The van der Waals surface area contributed by atoms with Gasteiger partial charge in [-0.1, -0.05) is 0 Å². The summed E-state index contributed by atoms with van der Waals surface area (Å²) in [6.45, 7) is 0. The fraction of sp³-hybridized carbons (Fsp3) is 0.333. The van der Waals surface area contributed by atoms with Crippen molar-refractivity contribution in [3.8, 4) is 11.9 Å². The molecule has 1 rings (SSSR count). The van der Waals surface area contributed by atoms with Crippen LogP contribution in [0.2, 0.25) is 0 Å². The van der Waals surface area contributed by atoms with Gasteiger partial charge in [-0.15, -0.1) is 0 Å². The SMILES string of the molecule is COc1cc(NS(=O)[O-])nc(OC)n1. The summed E-state index contributed by atoms with van der Waals surface area (Å²) in [7, 11) is 2.77. The predicted octanol–water partition coefficient (Wildman–Crippen LogP) is -0.300. The van der Waals surface area contributed by atoms with Crippen molar-refractivity contribution in [3.63, 3.8) is 0 Å². The van der Waals surface area contributed by atoms with Gasteiger partial charge in [-0.3, -0.25) is 4.21 Å². The van der Waals surface area contributed by atoms with Gasteiger partial charge in [-0.2, -0.15) is 9.97 Å². The first kappa shape index (κ1) is 10.7. The summed E-state index contributed by atoms with van der Waals surface area (Å²) < 4.78 is 32.2. The van der Waals surface area contributed by atoms with Crippen LogP contribution in [0.4, 0.5) is 5.82 Å². The van der Waals surface area contributed by atoms with E-state index in [-0.39, 0.29) is 17.7 Å². The van der Waals surface area contributed by atoms with Gasteiger partial charge in [0.15, 0.2) is 0 Å². The van der Waals surface area contributed by atoms with E-state index >= 15 is 0 Å². The van der Waals surface area contributed by atoms with Crippen LogP contribution in [0, 0.1) is 0 Å². The van der Waals surface area contributed by atoms with Crippen LogP contribution >= 0.6 is 0 Å². The van der Waals surface area contributed by atoms with Crippen molar-refractivity contribution in [2.24, 2.45) is 0 Å². The molecule has 0 bridgehead atoms. The Balaban J connectivity index is 2.98. The normalized spacial score (nSPS) is 11.9. The maximum Gasteiger partial charge on any atom is 0.321 e. The zero-order chi connectivity index (χ0) is 10.6. The number of nitrogens with one attached hydrogen (secondary N) is 1. The topological polar surface area (TPSA) is 96.4 Å². The molecular formula is C6H8N3O4S-. The number of ether oxygens (including phenoxy) is 2. The molecule has 1 heterocycles. The van der Waals surface area contributed by atoms with Crippen molar-refractivity contribution >= 4 is 17.1 Å². The van der Waals surface area contributed by atoms with E-state index in [2.05, 4.69) is 14.7 Å². The van der Waals surface area contributed by atoms with E-state index in [9.17, 15) is 8.76 Å². The maximum atomic E-state index is 10.3. The van der Waals surface area contributed by atoms with Crippen molar-refractivity contribution < 1.29 is 18.2 Å². The lowest BCUT2D eigenvalue weighted by Crippen LogP contribution is -2.06. The first-order valence-electron chi connectivity index (χ1n) is 3.48. The van der Waals surface area contributed by atoms with E-state index in [0.717, 1.165) is 0 Å². The van der Waals surface area contributed by atoms with Crippen LogP contribution in [-0.2, 0) is 11.3 Å². The molecular weight excluding hydrogens is 210 g/mol. The highest BCUT2D eigenvalue weighted by Crippen LogP contribution is 2.16. The summed E-state index contributed by atoms with van der Waals surface area (Å²) in [6, 6.07) is 1.36. The second kappa shape index (κ2) is 4.72. The largest absolute Gasteiger partial charge is 0.755 e. The number of hydrogen-bond donors (Lipinski definition) is 1. The summed E-state index contributed by atoms with van der Waals surface area (Å²) in [5.74, 6) is 0.298. The molecule has 0 aliphatic carbocycles. The second-order valence-corrected chi connectivity index (χ2v) is 2.79. The number of aromatic nitrogens is 2. The standard InChI is InChI=1S/C6H9N3O4S/c1-12-5-3-4(9-14(10)11)7-6(8-5)13-2/h3H,1-2H3,(H,10,11)(H,7,8,9)/p-1. The van der Waals surface area contributed by atoms with Gasteiger partial charge in [-0.25, -0.2) is 0 Å². The first-order valence-corrected chi connectivity index (χ1v) is 4.56. The van der Waals surface area contributed by atoms with E-state index in [1.54, 1.807) is 0 Å². The molecule has 0 saturated heterocycles. The third-order valence-corrected chi connectivity index (χ3v) is 1.64. The Morgan fingerprint density at radius 2 is 2.14 bits per heavy atom. The fourth-order valence-electron chi connectivity index (χ4n) is 0.737. The molecule has 1 unspecified atom stereocenters. The van der Waals surface area contributed by atoms with Crippen LogP contribution < -0.4 is 14.2 Å². The van der Waals surface area contributed by atoms with Crippen molar-refractivity contribution in [2.45, 2.75) is 0 Å². The van der Waals surface area contributed by atoms with Crippen molar-refractivity contribution in [2.75, 3.05) is 18.9 Å². The Labute approximate surface area is 82.9 Å². The van der Waals surface area contributed by atoms with Crippen LogP contribution in [-0.4, -0.2) is 32.9 Å². The molecule has 0 aliphatic heterocycles. The lowest BCUT2D eigenvalue weighted by Gasteiger charge is -2.09. The van der Waals surface area contributed by atoms with Crippen LogP contribution in [0.3, 0.4) is 0 Å². The van der Waals surface area contributed by atoms with Gasteiger partial charge in [0.25, 0.3) is 0 Å². The Kier molecular flexibility index (Phi) is 3.60. The number of hydrogen-bond acceptors (Lipinski definition) is 6. The monoisotopic (exact) mass is 218 g/mol. The van der Waals surface area contributed by atoms with Crippen molar-refractivity contribution in [1.82, 2.24) is 9.97 Å². The zero-order valence-corrected chi connectivity index (χ0v) is 8.33. The van der Waals surface area contributed by atoms with E-state index < -0.39 is 11.3 Å². The molecule has 0 saturated carbocycles. The quantitative estimate of drug-likeness (QED) is 0.697. The van der Waals surface area contributed by atoms with E-state index in [4.69, 9.17) is 9.47 Å². The third kappa shape index (κ3) is 2.82. The number of rotatable bonds is 4. The Hall–Kier alpha value is -1.41. The number of nitrogens with zero attached hydrogens (tertiary/aromatic N) is 2. The summed E-state index contributed by atoms with van der Waals surface area (Å²) in [5.41, 5.74) is 0. The summed E-state index contributed by atoms with van der Waals surface area (Å²) in [5, 5.41) is 0. The molecule has 1 atom stereocenters. The molecule has 0 amide bonds. The van der Waals surface area contributed by atoms with Crippen LogP contribution in [0.25, 0.3) is 0 Å². The molecule has 0 aliphatic rings. The lowest BCUT2D eigenvalue weighted by atomic mass is 10.6. The van der Waals surface area contributed by atoms with Crippen molar-refractivity contribution in [3.05, 3.63) is 6.07 Å². The zero-order valence-electron chi connectivity index (χ0n) is 7.51.